The molecule has 1 N–H and O–H groups in total. The maximum Gasteiger partial charge on any atom is 0.248 e. The Labute approximate surface area is 135 Å². The summed E-state index contributed by atoms with van der Waals surface area (Å²) in [4.78, 5) is 13.1. The van der Waals surface area contributed by atoms with Crippen LogP contribution in [0.4, 0.5) is 5.69 Å². The number of carbonyl (C=O) groups excluding carboxylic acids is 1. The molecule has 0 unspecified atom stereocenters. The second-order valence-corrected chi connectivity index (χ2v) is 5.68. The highest BCUT2D eigenvalue weighted by Gasteiger charge is 2.02. The molecule has 2 aromatic carbocycles. The number of benzene rings is 2. The van der Waals surface area contributed by atoms with Crippen molar-refractivity contribution in [2.75, 3.05) is 18.7 Å². The number of thioether (sulfide) groups is 1. The van der Waals surface area contributed by atoms with Crippen molar-refractivity contribution in [3.63, 3.8) is 0 Å². The fourth-order valence-corrected chi connectivity index (χ4v) is 2.49. The van der Waals surface area contributed by atoms with Gasteiger partial charge in [0, 0.05) is 22.2 Å². The molecule has 0 atom stereocenters. The summed E-state index contributed by atoms with van der Waals surface area (Å²) in [5.74, 6) is 0.584. The lowest BCUT2D eigenvalue weighted by atomic mass is 10.1. The minimum absolute atomic E-state index is 0.165. The summed E-state index contributed by atoms with van der Waals surface area (Å²) in [6, 6.07) is 13.6. The van der Waals surface area contributed by atoms with Crippen molar-refractivity contribution in [3.8, 4) is 5.75 Å². The summed E-state index contributed by atoms with van der Waals surface area (Å²) in [5, 5.41) is 2.86. The molecule has 2 rings (SSSR count). The van der Waals surface area contributed by atoms with Gasteiger partial charge >= 0.3 is 0 Å². The zero-order valence-corrected chi connectivity index (χ0v) is 13.7. The second kappa shape index (κ2) is 7.71. The number of hydrogen-bond donors (Lipinski definition) is 1. The van der Waals surface area contributed by atoms with Crippen LogP contribution in [0.15, 0.2) is 53.4 Å². The molecule has 2 aromatic rings. The van der Waals surface area contributed by atoms with Gasteiger partial charge in [0.2, 0.25) is 5.91 Å². The van der Waals surface area contributed by atoms with Gasteiger partial charge in [-0.15, -0.1) is 11.8 Å². The van der Waals surface area contributed by atoms with Gasteiger partial charge in [-0.3, -0.25) is 4.79 Å². The van der Waals surface area contributed by atoms with Crippen molar-refractivity contribution in [1.82, 2.24) is 0 Å². The molecule has 0 fully saturated rings. The summed E-state index contributed by atoms with van der Waals surface area (Å²) < 4.78 is 5.30. The van der Waals surface area contributed by atoms with E-state index in [-0.39, 0.29) is 5.91 Å². The summed E-state index contributed by atoms with van der Waals surface area (Å²) in [6.07, 6.45) is 5.29. The molecule has 0 saturated carbocycles. The van der Waals surface area contributed by atoms with E-state index in [1.54, 1.807) is 24.9 Å². The maximum atomic E-state index is 12.0. The standard InChI is InChI=1S/C18H19NO2S/c1-13-7-9-17(21-2)14(11-13)8-10-18(20)19-15-5-4-6-16(12-15)22-3/h4-12H,1-3H3,(H,19,20)/b10-8+. The Kier molecular flexibility index (Phi) is 5.67. The molecule has 22 heavy (non-hydrogen) atoms. The Morgan fingerprint density at radius 3 is 2.77 bits per heavy atom. The zero-order chi connectivity index (χ0) is 15.9. The van der Waals surface area contributed by atoms with E-state index in [2.05, 4.69) is 5.32 Å². The highest BCUT2D eigenvalue weighted by Crippen LogP contribution is 2.21. The Morgan fingerprint density at radius 2 is 2.05 bits per heavy atom. The lowest BCUT2D eigenvalue weighted by Crippen LogP contribution is -2.07. The molecule has 0 aromatic heterocycles. The monoisotopic (exact) mass is 313 g/mol. The average Bonchev–Trinajstić information content (AvgIpc) is 2.53. The van der Waals surface area contributed by atoms with E-state index in [4.69, 9.17) is 4.74 Å². The smallest absolute Gasteiger partial charge is 0.248 e. The van der Waals surface area contributed by atoms with Gasteiger partial charge in [0.1, 0.15) is 5.75 Å². The number of ether oxygens (including phenoxy) is 1. The molecule has 0 aliphatic heterocycles. The van der Waals surface area contributed by atoms with Gasteiger partial charge in [-0.2, -0.15) is 0 Å². The van der Waals surface area contributed by atoms with E-state index < -0.39 is 0 Å². The second-order valence-electron chi connectivity index (χ2n) is 4.80. The van der Waals surface area contributed by atoms with E-state index in [9.17, 15) is 4.79 Å². The predicted molar refractivity (Wildman–Crippen MR) is 93.6 cm³/mol. The predicted octanol–water partition coefficient (Wildman–Crippen LogP) is 4.38. The molecule has 0 spiro atoms. The summed E-state index contributed by atoms with van der Waals surface area (Å²) in [7, 11) is 1.62. The highest BCUT2D eigenvalue weighted by atomic mass is 32.2. The first kappa shape index (κ1) is 16.2. The van der Waals surface area contributed by atoms with Gasteiger partial charge in [0.05, 0.1) is 7.11 Å². The third-order valence-corrected chi connectivity index (χ3v) is 3.86. The van der Waals surface area contributed by atoms with Crippen LogP contribution < -0.4 is 10.1 Å². The molecule has 0 aliphatic carbocycles. The summed E-state index contributed by atoms with van der Waals surface area (Å²) in [6.45, 7) is 2.00. The van der Waals surface area contributed by atoms with Crippen LogP contribution in [0, 0.1) is 6.92 Å². The minimum atomic E-state index is -0.165. The topological polar surface area (TPSA) is 38.3 Å². The Balaban J connectivity index is 2.09. The van der Waals surface area contributed by atoms with E-state index in [0.29, 0.717) is 0 Å². The van der Waals surface area contributed by atoms with E-state index in [0.717, 1.165) is 27.5 Å². The first-order valence-corrected chi connectivity index (χ1v) is 8.12. The highest BCUT2D eigenvalue weighted by molar-refractivity contribution is 7.98. The Hall–Kier alpha value is -2.20. The molecular weight excluding hydrogens is 294 g/mol. The Bertz CT molecular complexity index is 695. The van der Waals surface area contributed by atoms with Crippen molar-refractivity contribution in [2.45, 2.75) is 11.8 Å². The molecular formula is C18H19NO2S. The lowest BCUT2D eigenvalue weighted by Gasteiger charge is -2.06. The summed E-state index contributed by atoms with van der Waals surface area (Å²) >= 11 is 1.64. The summed E-state index contributed by atoms with van der Waals surface area (Å²) in [5.41, 5.74) is 2.79. The SMILES string of the molecule is COc1ccc(C)cc1/C=C/C(=O)Nc1cccc(SC)c1. The Morgan fingerprint density at radius 1 is 1.23 bits per heavy atom. The van der Waals surface area contributed by atoms with Crippen LogP contribution in [0.1, 0.15) is 11.1 Å². The van der Waals surface area contributed by atoms with Gasteiger partial charge in [-0.25, -0.2) is 0 Å². The van der Waals surface area contributed by atoms with E-state index in [1.165, 1.54) is 6.08 Å². The molecule has 0 bridgehead atoms. The maximum absolute atomic E-state index is 12.0. The fourth-order valence-electron chi connectivity index (χ4n) is 2.03. The van der Waals surface area contributed by atoms with Crippen LogP contribution in [0.3, 0.4) is 0 Å². The lowest BCUT2D eigenvalue weighted by molar-refractivity contribution is -0.111. The molecule has 114 valence electrons. The first-order chi connectivity index (χ1) is 10.6. The normalized spacial score (nSPS) is 10.7. The number of anilines is 1. The number of methoxy groups -OCH3 is 1. The van der Waals surface area contributed by atoms with Crippen LogP contribution in [0.2, 0.25) is 0 Å². The van der Waals surface area contributed by atoms with E-state index in [1.807, 2.05) is 55.6 Å². The molecule has 0 aliphatic rings. The fraction of sp³-hybridized carbons (Fsp3) is 0.167. The van der Waals surface area contributed by atoms with Gasteiger partial charge in [0.15, 0.2) is 0 Å². The van der Waals surface area contributed by atoms with Gasteiger partial charge in [-0.1, -0.05) is 17.7 Å². The van der Waals surface area contributed by atoms with Crippen LogP contribution >= 0.6 is 11.8 Å². The molecule has 0 heterocycles. The van der Waals surface area contributed by atoms with Crippen molar-refractivity contribution in [2.24, 2.45) is 0 Å². The third-order valence-electron chi connectivity index (χ3n) is 3.14. The van der Waals surface area contributed by atoms with Crippen molar-refractivity contribution in [1.29, 1.82) is 0 Å². The average molecular weight is 313 g/mol. The van der Waals surface area contributed by atoms with Gasteiger partial charge < -0.3 is 10.1 Å². The number of nitrogens with one attached hydrogen (secondary N) is 1. The third kappa shape index (κ3) is 4.40. The van der Waals surface area contributed by atoms with Gasteiger partial charge in [-0.05, 0) is 49.6 Å². The van der Waals surface area contributed by atoms with Crippen molar-refractivity contribution < 1.29 is 9.53 Å². The number of amides is 1. The van der Waals surface area contributed by atoms with Gasteiger partial charge in [0.25, 0.3) is 0 Å². The van der Waals surface area contributed by atoms with Crippen molar-refractivity contribution in [3.05, 3.63) is 59.7 Å². The molecule has 1 amide bonds. The largest absolute Gasteiger partial charge is 0.496 e. The van der Waals surface area contributed by atoms with Crippen LogP contribution in [-0.2, 0) is 4.79 Å². The number of aryl methyl sites for hydroxylation is 1. The number of carbonyl (C=O) groups is 1. The van der Waals surface area contributed by atoms with E-state index >= 15 is 0 Å². The molecule has 0 saturated heterocycles. The number of hydrogen-bond acceptors (Lipinski definition) is 3. The minimum Gasteiger partial charge on any atom is -0.496 e. The van der Waals surface area contributed by atoms with Crippen LogP contribution in [-0.4, -0.2) is 19.3 Å². The quantitative estimate of drug-likeness (QED) is 0.657. The zero-order valence-electron chi connectivity index (χ0n) is 12.9. The molecule has 4 heteroatoms. The number of rotatable bonds is 5. The van der Waals surface area contributed by atoms with Crippen LogP contribution in [0.25, 0.3) is 6.08 Å². The van der Waals surface area contributed by atoms with Crippen LogP contribution in [0.5, 0.6) is 5.75 Å². The molecule has 0 radical (unpaired) electrons. The molecule has 3 nitrogen and oxygen atoms in total. The first-order valence-electron chi connectivity index (χ1n) is 6.90. The van der Waals surface area contributed by atoms with Crippen molar-refractivity contribution >= 4 is 29.4 Å².